The third-order valence-electron chi connectivity index (χ3n) is 9.82. The second kappa shape index (κ2) is 41.1. The van der Waals surface area contributed by atoms with Gasteiger partial charge in [0.05, 0.1) is 31.3 Å². The molecule has 0 heterocycles. The normalized spacial score (nSPS) is 14.1. The minimum absolute atomic E-state index is 0.00429. The van der Waals surface area contributed by atoms with Gasteiger partial charge in [0.15, 0.2) is 0 Å². The molecule has 0 aromatic heterocycles. The summed E-state index contributed by atoms with van der Waals surface area (Å²) in [5, 5.41) is 33.2. The van der Waals surface area contributed by atoms with E-state index in [2.05, 4.69) is 55.6 Å². The molecule has 0 radical (unpaired) electrons. The van der Waals surface area contributed by atoms with Crippen molar-refractivity contribution in [1.82, 2.24) is 5.32 Å². The van der Waals surface area contributed by atoms with Crippen molar-refractivity contribution < 1.29 is 20.1 Å². The fourth-order valence-electron chi connectivity index (χ4n) is 6.42. The first-order valence-corrected chi connectivity index (χ1v) is 21.9. The largest absolute Gasteiger partial charge is 0.394 e. The van der Waals surface area contributed by atoms with Gasteiger partial charge in [0.2, 0.25) is 5.91 Å². The summed E-state index contributed by atoms with van der Waals surface area (Å²) in [4.78, 5) is 12.4. The molecule has 0 aliphatic carbocycles. The number of carbonyl (C=O) groups excluding carboxylic acids is 1. The van der Waals surface area contributed by atoms with Crippen LogP contribution in [0.25, 0.3) is 0 Å². The molecule has 0 rings (SSSR count). The topological polar surface area (TPSA) is 89.8 Å². The summed E-state index contributed by atoms with van der Waals surface area (Å²) >= 11 is 0. The van der Waals surface area contributed by atoms with Gasteiger partial charge in [0, 0.05) is 0 Å². The van der Waals surface area contributed by atoms with Crippen molar-refractivity contribution in [2.45, 2.75) is 231 Å². The molecule has 51 heavy (non-hydrogen) atoms. The van der Waals surface area contributed by atoms with Crippen LogP contribution in [-0.4, -0.2) is 46.1 Å². The average Bonchev–Trinajstić information content (AvgIpc) is 3.12. The van der Waals surface area contributed by atoms with E-state index in [0.29, 0.717) is 6.42 Å². The van der Waals surface area contributed by atoms with Crippen LogP contribution in [0.4, 0.5) is 0 Å². The molecule has 298 valence electrons. The van der Waals surface area contributed by atoms with Crippen LogP contribution in [0.5, 0.6) is 0 Å². The zero-order chi connectivity index (χ0) is 37.3. The number of rotatable bonds is 39. The van der Waals surface area contributed by atoms with E-state index in [-0.39, 0.29) is 18.9 Å². The number of hydrogen-bond donors (Lipinski definition) is 4. The molecule has 0 spiro atoms. The number of amides is 1. The first-order chi connectivity index (χ1) is 25.0. The van der Waals surface area contributed by atoms with Crippen LogP contribution in [0.3, 0.4) is 0 Å². The van der Waals surface area contributed by atoms with Crippen LogP contribution in [0.1, 0.15) is 213 Å². The van der Waals surface area contributed by atoms with Crippen LogP contribution in [-0.2, 0) is 4.79 Å². The zero-order valence-electron chi connectivity index (χ0n) is 33.7. The Bertz CT molecular complexity index is 835. The number of aliphatic hydroxyl groups excluding tert-OH is 3. The number of hydrogen-bond acceptors (Lipinski definition) is 4. The second-order valence-electron chi connectivity index (χ2n) is 14.9. The van der Waals surface area contributed by atoms with Crippen molar-refractivity contribution in [1.29, 1.82) is 0 Å². The van der Waals surface area contributed by atoms with E-state index in [0.717, 1.165) is 51.4 Å². The van der Waals surface area contributed by atoms with E-state index in [4.69, 9.17) is 0 Å². The van der Waals surface area contributed by atoms with Crippen LogP contribution in [0.15, 0.2) is 48.6 Å². The first-order valence-electron chi connectivity index (χ1n) is 21.9. The van der Waals surface area contributed by atoms with Crippen LogP contribution >= 0.6 is 0 Å². The lowest BCUT2D eigenvalue weighted by molar-refractivity contribution is -0.124. The Labute approximate surface area is 316 Å². The van der Waals surface area contributed by atoms with Gasteiger partial charge in [-0.25, -0.2) is 0 Å². The molecule has 4 N–H and O–H groups in total. The molecule has 0 aliphatic heterocycles. The average molecular weight is 716 g/mol. The molecule has 0 aromatic carbocycles. The standard InChI is InChI=1S/C46H85NO4/c1-3-5-7-9-11-13-15-17-19-20-21-22-23-24-26-28-30-32-34-36-38-40-45(50)44(42-48)47-46(51)41-43(49)39-37-35-33-31-29-27-25-18-16-14-12-10-8-6-4-2/h18,23-25,30,32,38,40,43-45,48-50H,3-17,19-22,26-29,31,33-37,39,41-42H2,1-2H3,(H,47,51)/b24-23+,25-18-,32-30+,40-38+. The number of aliphatic hydroxyl groups is 3. The summed E-state index contributed by atoms with van der Waals surface area (Å²) in [6.07, 6.45) is 52.5. The molecular weight excluding hydrogens is 631 g/mol. The number of carbonyl (C=O) groups is 1. The summed E-state index contributed by atoms with van der Waals surface area (Å²) in [6.45, 7) is 4.18. The Balaban J connectivity index is 3.77. The molecule has 5 nitrogen and oxygen atoms in total. The highest BCUT2D eigenvalue weighted by Crippen LogP contribution is 2.14. The highest BCUT2D eigenvalue weighted by Gasteiger charge is 2.20. The summed E-state index contributed by atoms with van der Waals surface area (Å²) in [5.74, 6) is -0.336. The second-order valence-corrected chi connectivity index (χ2v) is 14.9. The molecule has 3 unspecified atom stereocenters. The van der Waals surface area contributed by atoms with E-state index in [9.17, 15) is 20.1 Å². The van der Waals surface area contributed by atoms with Gasteiger partial charge in [-0.1, -0.05) is 184 Å². The highest BCUT2D eigenvalue weighted by atomic mass is 16.3. The van der Waals surface area contributed by atoms with Gasteiger partial charge in [0.25, 0.3) is 0 Å². The SMILES string of the molecule is CCCCCCCC/C=C\CCCCCCCC(O)CC(=O)NC(CO)C(O)/C=C/CC/C=C/CC/C=C/CCCCCCCCCCCCC. The highest BCUT2D eigenvalue weighted by molar-refractivity contribution is 5.76. The van der Waals surface area contributed by atoms with Crippen molar-refractivity contribution >= 4 is 5.91 Å². The van der Waals surface area contributed by atoms with Gasteiger partial charge in [0.1, 0.15) is 0 Å². The van der Waals surface area contributed by atoms with E-state index in [1.54, 1.807) is 6.08 Å². The van der Waals surface area contributed by atoms with Gasteiger partial charge in [-0.05, 0) is 70.6 Å². The Morgan fingerprint density at radius 3 is 1.25 bits per heavy atom. The fraction of sp³-hybridized carbons (Fsp3) is 0.804. The third-order valence-corrected chi connectivity index (χ3v) is 9.82. The van der Waals surface area contributed by atoms with E-state index in [1.165, 1.54) is 135 Å². The Morgan fingerprint density at radius 2 is 0.843 bits per heavy atom. The van der Waals surface area contributed by atoms with Crippen molar-refractivity contribution in [3.05, 3.63) is 48.6 Å². The monoisotopic (exact) mass is 716 g/mol. The van der Waals surface area contributed by atoms with Gasteiger partial charge < -0.3 is 20.6 Å². The number of allylic oxidation sites excluding steroid dienone is 7. The maximum Gasteiger partial charge on any atom is 0.222 e. The molecule has 1 amide bonds. The van der Waals surface area contributed by atoms with Gasteiger partial charge in [-0.3, -0.25) is 4.79 Å². The van der Waals surface area contributed by atoms with Crippen molar-refractivity contribution in [2.24, 2.45) is 0 Å². The Morgan fingerprint density at radius 1 is 0.490 bits per heavy atom. The zero-order valence-corrected chi connectivity index (χ0v) is 33.7. The van der Waals surface area contributed by atoms with E-state index >= 15 is 0 Å². The molecule has 0 saturated heterocycles. The van der Waals surface area contributed by atoms with Crippen molar-refractivity contribution in [2.75, 3.05) is 6.61 Å². The molecule has 3 atom stereocenters. The quantitative estimate of drug-likeness (QED) is 0.0377. The minimum Gasteiger partial charge on any atom is -0.394 e. The summed E-state index contributed by atoms with van der Waals surface area (Å²) < 4.78 is 0. The predicted molar refractivity (Wildman–Crippen MR) is 222 cm³/mol. The van der Waals surface area contributed by atoms with E-state index < -0.39 is 18.2 Å². The lowest BCUT2D eigenvalue weighted by Crippen LogP contribution is -2.45. The maximum absolute atomic E-state index is 12.4. The Kier molecular flexibility index (Phi) is 39.7. The molecule has 0 bridgehead atoms. The van der Waals surface area contributed by atoms with E-state index in [1.807, 2.05) is 6.08 Å². The maximum atomic E-state index is 12.4. The van der Waals surface area contributed by atoms with Crippen LogP contribution in [0, 0.1) is 0 Å². The third kappa shape index (κ3) is 37.9. The summed E-state index contributed by atoms with van der Waals surface area (Å²) in [6, 6.07) is -0.770. The lowest BCUT2D eigenvalue weighted by atomic mass is 10.0. The predicted octanol–water partition coefficient (Wildman–Crippen LogP) is 12.5. The van der Waals surface area contributed by atoms with Crippen LogP contribution < -0.4 is 5.32 Å². The van der Waals surface area contributed by atoms with Crippen LogP contribution in [0.2, 0.25) is 0 Å². The van der Waals surface area contributed by atoms with Crippen molar-refractivity contribution in [3.8, 4) is 0 Å². The smallest absolute Gasteiger partial charge is 0.222 e. The molecule has 0 fully saturated rings. The van der Waals surface area contributed by atoms with Gasteiger partial charge in [-0.2, -0.15) is 0 Å². The summed E-state index contributed by atoms with van der Waals surface area (Å²) in [7, 11) is 0. The number of unbranched alkanes of at least 4 members (excludes halogenated alkanes) is 24. The first kappa shape index (κ1) is 49.3. The molecular formula is C46H85NO4. The van der Waals surface area contributed by atoms with Gasteiger partial charge in [-0.15, -0.1) is 0 Å². The minimum atomic E-state index is -0.962. The number of nitrogens with one attached hydrogen (secondary N) is 1. The molecule has 0 saturated carbocycles. The molecule has 5 heteroatoms. The van der Waals surface area contributed by atoms with Crippen molar-refractivity contribution in [3.63, 3.8) is 0 Å². The van der Waals surface area contributed by atoms with Gasteiger partial charge >= 0.3 is 0 Å². The molecule has 0 aliphatic rings. The Hall–Kier alpha value is -1.69. The molecule has 0 aromatic rings. The lowest BCUT2D eigenvalue weighted by Gasteiger charge is -2.20. The summed E-state index contributed by atoms with van der Waals surface area (Å²) in [5.41, 5.74) is 0. The fourth-order valence-corrected chi connectivity index (χ4v) is 6.42.